The van der Waals surface area contributed by atoms with Crippen molar-refractivity contribution in [1.82, 2.24) is 10.3 Å². The van der Waals surface area contributed by atoms with Crippen LogP contribution in [-0.4, -0.2) is 23.8 Å². The lowest BCUT2D eigenvalue weighted by atomic mass is 10.0. The van der Waals surface area contributed by atoms with Gasteiger partial charge in [0.2, 0.25) is 5.91 Å². The molecule has 0 unspecified atom stereocenters. The highest BCUT2D eigenvalue weighted by Gasteiger charge is 2.11. The number of benzene rings is 2. The van der Waals surface area contributed by atoms with Gasteiger partial charge in [-0.1, -0.05) is 42.1 Å². The lowest BCUT2D eigenvalue weighted by molar-refractivity contribution is -0.118. The van der Waals surface area contributed by atoms with Crippen LogP contribution in [0.15, 0.2) is 82.4 Å². The van der Waals surface area contributed by atoms with E-state index in [9.17, 15) is 4.79 Å². The number of amides is 1. The van der Waals surface area contributed by atoms with E-state index in [0.29, 0.717) is 6.54 Å². The van der Waals surface area contributed by atoms with Gasteiger partial charge in [-0.25, -0.2) is 4.98 Å². The zero-order chi connectivity index (χ0) is 20.1. The van der Waals surface area contributed by atoms with E-state index in [1.165, 1.54) is 11.8 Å². The molecular weight excluding hydrogens is 384 g/mol. The van der Waals surface area contributed by atoms with Gasteiger partial charge >= 0.3 is 0 Å². The molecule has 1 amide bonds. The third kappa shape index (κ3) is 4.60. The Bertz CT molecular complexity index is 1110. The molecule has 2 aromatic carbocycles. The molecular formula is C23H20N2O3S. The second-order valence-corrected chi connectivity index (χ2v) is 7.40. The minimum atomic E-state index is -0.0693. The number of aromatic nitrogens is 1. The van der Waals surface area contributed by atoms with E-state index in [4.69, 9.17) is 14.1 Å². The molecule has 146 valence electrons. The predicted molar refractivity (Wildman–Crippen MR) is 115 cm³/mol. The Hall–Kier alpha value is -3.25. The topological polar surface area (TPSA) is 64.4 Å². The molecule has 29 heavy (non-hydrogen) atoms. The zero-order valence-corrected chi connectivity index (χ0v) is 16.7. The Morgan fingerprint density at radius 2 is 1.97 bits per heavy atom. The highest BCUT2D eigenvalue weighted by Crippen LogP contribution is 2.33. The maximum Gasteiger partial charge on any atom is 0.230 e. The molecule has 0 aliphatic rings. The number of rotatable bonds is 7. The van der Waals surface area contributed by atoms with Gasteiger partial charge in [-0.2, -0.15) is 0 Å². The van der Waals surface area contributed by atoms with Crippen molar-refractivity contribution >= 4 is 28.6 Å². The SMILES string of the molecule is COc1ccc2c(-c3ccccc3)cc(SCC(=O)NCc3ccco3)nc2c1. The number of ether oxygens (including phenoxy) is 1. The number of pyridine rings is 1. The van der Waals surface area contributed by atoms with Crippen LogP contribution in [0.2, 0.25) is 0 Å². The van der Waals surface area contributed by atoms with Gasteiger partial charge in [-0.05, 0) is 41.5 Å². The van der Waals surface area contributed by atoms with E-state index in [1.807, 2.05) is 48.5 Å². The number of hydrogen-bond acceptors (Lipinski definition) is 5. The zero-order valence-electron chi connectivity index (χ0n) is 15.9. The Morgan fingerprint density at radius 3 is 2.72 bits per heavy atom. The molecule has 2 aromatic heterocycles. The van der Waals surface area contributed by atoms with Crippen LogP contribution in [0.25, 0.3) is 22.0 Å². The summed E-state index contributed by atoms with van der Waals surface area (Å²) >= 11 is 1.41. The second kappa shape index (κ2) is 8.84. The molecule has 0 spiro atoms. The summed E-state index contributed by atoms with van der Waals surface area (Å²) in [7, 11) is 1.64. The summed E-state index contributed by atoms with van der Waals surface area (Å²) in [5.41, 5.74) is 3.02. The number of carbonyl (C=O) groups excluding carboxylic acids is 1. The maximum absolute atomic E-state index is 12.2. The van der Waals surface area contributed by atoms with Crippen molar-refractivity contribution in [3.05, 3.63) is 78.8 Å². The average Bonchev–Trinajstić information content (AvgIpc) is 3.29. The fourth-order valence-corrected chi connectivity index (χ4v) is 3.78. The standard InChI is InChI=1S/C23H20N2O3S/c1-27-17-9-10-19-20(16-6-3-2-4-7-16)13-23(25-21(19)12-17)29-15-22(26)24-14-18-8-5-11-28-18/h2-13H,14-15H2,1H3,(H,24,26). The molecule has 1 N–H and O–H groups in total. The van der Waals surface area contributed by atoms with Crippen molar-refractivity contribution in [2.75, 3.05) is 12.9 Å². The molecule has 0 aliphatic carbocycles. The summed E-state index contributed by atoms with van der Waals surface area (Å²) in [4.78, 5) is 16.9. The largest absolute Gasteiger partial charge is 0.497 e. The maximum atomic E-state index is 12.2. The van der Waals surface area contributed by atoms with Gasteiger partial charge in [0.05, 0.1) is 36.2 Å². The van der Waals surface area contributed by atoms with Crippen LogP contribution in [0.5, 0.6) is 5.75 Å². The second-order valence-electron chi connectivity index (χ2n) is 6.40. The molecule has 0 fully saturated rings. The lowest BCUT2D eigenvalue weighted by Gasteiger charge is -2.11. The van der Waals surface area contributed by atoms with Crippen LogP contribution < -0.4 is 10.1 Å². The Balaban J connectivity index is 1.57. The van der Waals surface area contributed by atoms with Crippen LogP contribution >= 0.6 is 11.8 Å². The van der Waals surface area contributed by atoms with Gasteiger partial charge in [0.25, 0.3) is 0 Å². The number of methoxy groups -OCH3 is 1. The molecule has 4 aromatic rings. The summed E-state index contributed by atoms with van der Waals surface area (Å²) in [6, 6.07) is 21.7. The first-order chi connectivity index (χ1) is 14.2. The monoisotopic (exact) mass is 404 g/mol. The molecule has 2 heterocycles. The molecule has 0 aliphatic heterocycles. The third-order valence-electron chi connectivity index (χ3n) is 4.47. The number of carbonyl (C=O) groups is 1. The van der Waals surface area contributed by atoms with Crippen molar-refractivity contribution in [3.8, 4) is 16.9 Å². The Morgan fingerprint density at radius 1 is 1.10 bits per heavy atom. The van der Waals surface area contributed by atoms with Gasteiger partial charge in [0.15, 0.2) is 0 Å². The summed E-state index contributed by atoms with van der Waals surface area (Å²) in [5.74, 6) is 1.69. The van der Waals surface area contributed by atoms with Crippen LogP contribution in [0, 0.1) is 0 Å². The van der Waals surface area contributed by atoms with E-state index in [1.54, 1.807) is 19.4 Å². The number of nitrogens with one attached hydrogen (secondary N) is 1. The van der Waals surface area contributed by atoms with Crippen molar-refractivity contribution in [2.45, 2.75) is 11.6 Å². The number of hydrogen-bond donors (Lipinski definition) is 1. The van der Waals surface area contributed by atoms with Gasteiger partial charge in [-0.3, -0.25) is 4.79 Å². The van der Waals surface area contributed by atoms with Crippen LogP contribution in [-0.2, 0) is 11.3 Å². The number of furan rings is 1. The Labute approximate surface area is 173 Å². The van der Waals surface area contributed by atoms with Crippen LogP contribution in [0.3, 0.4) is 0 Å². The molecule has 0 bridgehead atoms. The average molecular weight is 404 g/mol. The molecule has 0 atom stereocenters. The predicted octanol–water partition coefficient (Wildman–Crippen LogP) is 4.91. The lowest BCUT2D eigenvalue weighted by Crippen LogP contribution is -2.24. The first-order valence-corrected chi connectivity index (χ1v) is 10.2. The Kier molecular flexibility index (Phi) is 5.81. The van der Waals surface area contributed by atoms with Gasteiger partial charge < -0.3 is 14.5 Å². The number of thioether (sulfide) groups is 1. The van der Waals surface area contributed by atoms with E-state index in [0.717, 1.165) is 38.6 Å². The van der Waals surface area contributed by atoms with Crippen LogP contribution in [0.4, 0.5) is 0 Å². The first kappa shape index (κ1) is 19.1. The number of fused-ring (bicyclic) bond motifs is 1. The highest BCUT2D eigenvalue weighted by molar-refractivity contribution is 7.99. The van der Waals surface area contributed by atoms with Gasteiger partial charge in [0, 0.05) is 11.5 Å². The third-order valence-corrected chi connectivity index (χ3v) is 5.38. The smallest absolute Gasteiger partial charge is 0.230 e. The van der Waals surface area contributed by atoms with E-state index in [2.05, 4.69) is 17.4 Å². The van der Waals surface area contributed by atoms with Crippen molar-refractivity contribution in [2.24, 2.45) is 0 Å². The first-order valence-electron chi connectivity index (χ1n) is 9.19. The molecule has 6 heteroatoms. The van der Waals surface area contributed by atoms with Gasteiger partial charge in [0.1, 0.15) is 11.5 Å². The molecule has 0 radical (unpaired) electrons. The van der Waals surface area contributed by atoms with Gasteiger partial charge in [-0.15, -0.1) is 0 Å². The molecule has 4 rings (SSSR count). The molecule has 0 saturated heterocycles. The minimum Gasteiger partial charge on any atom is -0.497 e. The van der Waals surface area contributed by atoms with Crippen molar-refractivity contribution in [3.63, 3.8) is 0 Å². The quantitative estimate of drug-likeness (QED) is 0.443. The summed E-state index contributed by atoms with van der Waals surface area (Å²) in [6.45, 7) is 0.379. The number of nitrogens with zero attached hydrogens (tertiary/aromatic N) is 1. The highest BCUT2D eigenvalue weighted by atomic mass is 32.2. The fraction of sp³-hybridized carbons (Fsp3) is 0.130. The van der Waals surface area contributed by atoms with E-state index in [-0.39, 0.29) is 11.7 Å². The normalized spacial score (nSPS) is 10.8. The summed E-state index contributed by atoms with van der Waals surface area (Å²) < 4.78 is 10.6. The van der Waals surface area contributed by atoms with Crippen molar-refractivity contribution < 1.29 is 13.9 Å². The molecule has 5 nitrogen and oxygen atoms in total. The fourth-order valence-electron chi connectivity index (χ4n) is 3.03. The molecule has 0 saturated carbocycles. The summed E-state index contributed by atoms with van der Waals surface area (Å²) in [5, 5.41) is 4.69. The van der Waals surface area contributed by atoms with E-state index >= 15 is 0 Å². The van der Waals surface area contributed by atoms with Crippen molar-refractivity contribution in [1.29, 1.82) is 0 Å². The minimum absolute atomic E-state index is 0.0693. The summed E-state index contributed by atoms with van der Waals surface area (Å²) in [6.07, 6.45) is 1.59. The van der Waals surface area contributed by atoms with Crippen LogP contribution in [0.1, 0.15) is 5.76 Å². The van der Waals surface area contributed by atoms with E-state index < -0.39 is 0 Å².